The van der Waals surface area contributed by atoms with Gasteiger partial charge in [0.1, 0.15) is 17.6 Å². The second-order valence-electron chi connectivity index (χ2n) is 3.76. The fraction of sp³-hybridized carbons (Fsp3) is 0.167. The Morgan fingerprint density at radius 2 is 2.35 bits per heavy atom. The van der Waals surface area contributed by atoms with Crippen molar-refractivity contribution in [2.24, 2.45) is 10.7 Å². The van der Waals surface area contributed by atoms with Crippen molar-refractivity contribution in [2.45, 2.75) is 6.04 Å². The maximum atomic E-state index is 11.6. The van der Waals surface area contributed by atoms with Crippen LogP contribution in [-0.2, 0) is 0 Å². The number of benzene rings is 1. The molecule has 1 aromatic carbocycles. The highest BCUT2D eigenvalue weighted by Crippen LogP contribution is 2.28. The summed E-state index contributed by atoms with van der Waals surface area (Å²) in [6.45, 7) is 3.96. The number of nitrogens with zero attached hydrogens (tertiary/aromatic N) is 2. The first kappa shape index (κ1) is 11.2. The van der Waals surface area contributed by atoms with E-state index in [-0.39, 0.29) is 17.6 Å². The standard InChI is InChI=1S/C12H13N3O2/c1-2-6-15-10(11(13)14-12(15)17)8-4-3-5-9(16)7-8/h2-5,7,10,16H,1,6H2,(H2,13,14,17). The average molecular weight is 231 g/mol. The zero-order chi connectivity index (χ0) is 12.4. The van der Waals surface area contributed by atoms with E-state index < -0.39 is 6.04 Å². The highest BCUT2D eigenvalue weighted by Gasteiger charge is 2.33. The molecule has 1 heterocycles. The first-order valence-corrected chi connectivity index (χ1v) is 5.18. The molecular weight excluding hydrogens is 218 g/mol. The number of amidine groups is 1. The molecule has 5 nitrogen and oxygen atoms in total. The summed E-state index contributed by atoms with van der Waals surface area (Å²) >= 11 is 0. The Morgan fingerprint density at radius 1 is 1.59 bits per heavy atom. The summed E-state index contributed by atoms with van der Waals surface area (Å²) in [6, 6.07) is 5.82. The van der Waals surface area contributed by atoms with Gasteiger partial charge in [0, 0.05) is 6.54 Å². The monoisotopic (exact) mass is 231 g/mol. The first-order valence-electron chi connectivity index (χ1n) is 5.18. The minimum atomic E-state index is -0.424. The molecule has 0 aromatic heterocycles. The lowest BCUT2D eigenvalue weighted by molar-refractivity contribution is 0.212. The minimum Gasteiger partial charge on any atom is -0.508 e. The summed E-state index contributed by atoms with van der Waals surface area (Å²) in [6.07, 6.45) is 1.61. The lowest BCUT2D eigenvalue weighted by Crippen LogP contribution is -2.33. The Kier molecular flexibility index (Phi) is 2.82. The molecule has 1 atom stereocenters. The van der Waals surface area contributed by atoms with Crippen molar-refractivity contribution >= 4 is 11.9 Å². The van der Waals surface area contributed by atoms with Crippen molar-refractivity contribution in [3.05, 3.63) is 42.5 Å². The highest BCUT2D eigenvalue weighted by atomic mass is 16.3. The third kappa shape index (κ3) is 1.99. The van der Waals surface area contributed by atoms with Gasteiger partial charge >= 0.3 is 6.03 Å². The smallest absolute Gasteiger partial charge is 0.346 e. The first-order chi connectivity index (χ1) is 8.13. The van der Waals surface area contributed by atoms with Crippen molar-refractivity contribution in [1.82, 2.24) is 4.90 Å². The number of hydrogen-bond donors (Lipinski definition) is 2. The number of amides is 2. The molecule has 1 aliphatic rings. The van der Waals surface area contributed by atoms with E-state index in [1.165, 1.54) is 4.90 Å². The van der Waals surface area contributed by atoms with Crippen LogP contribution < -0.4 is 5.73 Å². The number of aliphatic imine (C=N–C) groups is 1. The van der Waals surface area contributed by atoms with Crippen LogP contribution in [0.1, 0.15) is 11.6 Å². The van der Waals surface area contributed by atoms with Crippen LogP contribution in [0.2, 0.25) is 0 Å². The second kappa shape index (κ2) is 4.29. The van der Waals surface area contributed by atoms with E-state index in [0.717, 1.165) is 5.56 Å². The van der Waals surface area contributed by atoms with E-state index in [4.69, 9.17) is 5.73 Å². The van der Waals surface area contributed by atoms with Gasteiger partial charge in [0.25, 0.3) is 0 Å². The van der Waals surface area contributed by atoms with E-state index in [1.807, 2.05) is 0 Å². The zero-order valence-electron chi connectivity index (χ0n) is 9.21. The fourth-order valence-electron chi connectivity index (χ4n) is 1.87. The molecule has 1 unspecified atom stereocenters. The van der Waals surface area contributed by atoms with Gasteiger partial charge in [-0.2, -0.15) is 4.99 Å². The SMILES string of the molecule is C=CCN1C(=O)N=C(N)C1c1cccc(O)c1. The molecule has 5 heteroatoms. The molecule has 3 N–H and O–H groups in total. The van der Waals surface area contributed by atoms with E-state index in [1.54, 1.807) is 30.3 Å². The maximum absolute atomic E-state index is 11.6. The van der Waals surface area contributed by atoms with E-state index in [0.29, 0.717) is 6.54 Å². The zero-order valence-corrected chi connectivity index (χ0v) is 9.21. The Labute approximate surface area is 98.9 Å². The van der Waals surface area contributed by atoms with Crippen LogP contribution in [0.3, 0.4) is 0 Å². The van der Waals surface area contributed by atoms with Crippen LogP contribution in [0, 0.1) is 0 Å². The molecule has 1 aromatic rings. The van der Waals surface area contributed by atoms with Crippen molar-refractivity contribution in [3.63, 3.8) is 0 Å². The Balaban J connectivity index is 2.38. The van der Waals surface area contributed by atoms with Gasteiger partial charge in [-0.3, -0.25) is 0 Å². The highest BCUT2D eigenvalue weighted by molar-refractivity contribution is 6.03. The van der Waals surface area contributed by atoms with Crippen LogP contribution in [0.5, 0.6) is 5.75 Å². The van der Waals surface area contributed by atoms with Crippen LogP contribution in [0.25, 0.3) is 0 Å². The number of carbonyl (C=O) groups excluding carboxylic acids is 1. The number of phenolic OH excluding ortho intramolecular Hbond substituents is 1. The predicted octanol–water partition coefficient (Wildman–Crippen LogP) is 1.41. The number of carbonyl (C=O) groups is 1. The Hall–Kier alpha value is -2.30. The molecule has 0 saturated carbocycles. The summed E-state index contributed by atoms with van der Waals surface area (Å²) < 4.78 is 0. The van der Waals surface area contributed by atoms with Crippen LogP contribution in [0.15, 0.2) is 41.9 Å². The Bertz CT molecular complexity index is 496. The molecule has 0 spiro atoms. The van der Waals surface area contributed by atoms with Crippen LogP contribution in [-0.4, -0.2) is 28.4 Å². The number of nitrogens with two attached hydrogens (primary N) is 1. The summed E-state index contributed by atoms with van der Waals surface area (Å²) in [5, 5.41) is 9.44. The van der Waals surface area contributed by atoms with E-state index in [9.17, 15) is 9.90 Å². The van der Waals surface area contributed by atoms with E-state index in [2.05, 4.69) is 11.6 Å². The molecule has 0 radical (unpaired) electrons. The van der Waals surface area contributed by atoms with Gasteiger partial charge in [-0.05, 0) is 17.7 Å². The van der Waals surface area contributed by atoms with Gasteiger partial charge in [0.2, 0.25) is 0 Å². The third-order valence-corrected chi connectivity index (χ3v) is 2.57. The van der Waals surface area contributed by atoms with Gasteiger partial charge in [0.05, 0.1) is 0 Å². The van der Waals surface area contributed by atoms with Crippen molar-refractivity contribution in [2.75, 3.05) is 6.54 Å². The molecule has 0 saturated heterocycles. The number of rotatable bonds is 3. The maximum Gasteiger partial charge on any atom is 0.346 e. The Morgan fingerprint density at radius 3 is 3.00 bits per heavy atom. The lowest BCUT2D eigenvalue weighted by atomic mass is 10.1. The predicted molar refractivity (Wildman–Crippen MR) is 64.8 cm³/mol. The molecule has 1 aliphatic heterocycles. The molecule has 0 fully saturated rings. The molecule has 2 rings (SSSR count). The molecule has 0 bridgehead atoms. The summed E-state index contributed by atoms with van der Waals surface area (Å²) in [5.74, 6) is 0.371. The summed E-state index contributed by atoms with van der Waals surface area (Å²) in [4.78, 5) is 16.8. The quantitative estimate of drug-likeness (QED) is 0.772. The van der Waals surface area contributed by atoms with Gasteiger partial charge < -0.3 is 15.7 Å². The number of hydrogen-bond acceptors (Lipinski definition) is 3. The lowest BCUT2D eigenvalue weighted by Gasteiger charge is -2.23. The molecular formula is C12H13N3O2. The van der Waals surface area contributed by atoms with Gasteiger partial charge in [-0.15, -0.1) is 6.58 Å². The molecule has 0 aliphatic carbocycles. The van der Waals surface area contributed by atoms with Gasteiger partial charge in [0.15, 0.2) is 0 Å². The minimum absolute atomic E-state index is 0.133. The van der Waals surface area contributed by atoms with Crippen LogP contribution in [0.4, 0.5) is 4.79 Å². The molecule has 88 valence electrons. The average Bonchev–Trinajstić information content (AvgIpc) is 2.54. The molecule has 17 heavy (non-hydrogen) atoms. The molecule has 2 amide bonds. The topological polar surface area (TPSA) is 78.9 Å². The largest absolute Gasteiger partial charge is 0.508 e. The number of phenols is 1. The summed E-state index contributed by atoms with van der Waals surface area (Å²) in [5.41, 5.74) is 6.48. The summed E-state index contributed by atoms with van der Waals surface area (Å²) in [7, 11) is 0. The number of aromatic hydroxyl groups is 1. The van der Waals surface area contributed by atoms with Gasteiger partial charge in [-0.1, -0.05) is 18.2 Å². The van der Waals surface area contributed by atoms with Crippen molar-refractivity contribution in [1.29, 1.82) is 0 Å². The third-order valence-electron chi connectivity index (χ3n) is 2.57. The fourth-order valence-corrected chi connectivity index (χ4v) is 1.87. The number of urea groups is 1. The van der Waals surface area contributed by atoms with Gasteiger partial charge in [-0.25, -0.2) is 4.79 Å². The van der Waals surface area contributed by atoms with E-state index >= 15 is 0 Å². The van der Waals surface area contributed by atoms with Crippen molar-refractivity contribution < 1.29 is 9.90 Å². The van der Waals surface area contributed by atoms with Crippen LogP contribution >= 0.6 is 0 Å². The van der Waals surface area contributed by atoms with Crippen molar-refractivity contribution in [3.8, 4) is 5.75 Å². The normalized spacial score (nSPS) is 19.3. The second-order valence-corrected chi connectivity index (χ2v) is 3.76.